The molecular formula is C24H21ClO3. The maximum Gasteiger partial charge on any atom is 0.185 e. The zero-order valence-corrected chi connectivity index (χ0v) is 16.6. The van der Waals surface area contributed by atoms with E-state index in [1.807, 2.05) is 49.4 Å². The van der Waals surface area contributed by atoms with Crippen molar-refractivity contribution in [2.75, 3.05) is 7.11 Å². The summed E-state index contributed by atoms with van der Waals surface area (Å²) in [5.41, 5.74) is 3.58. The third kappa shape index (κ3) is 5.24. The molecule has 0 spiro atoms. The van der Waals surface area contributed by atoms with Crippen molar-refractivity contribution in [2.24, 2.45) is 0 Å². The number of benzene rings is 3. The Morgan fingerprint density at radius 3 is 2.39 bits per heavy atom. The van der Waals surface area contributed by atoms with Gasteiger partial charge in [0, 0.05) is 16.1 Å². The SMILES string of the molecule is COc1ccc(/C=C/C(=O)c2ccc(Cl)cc2)cc1COc1ccc(C)cc1. The van der Waals surface area contributed by atoms with Gasteiger partial charge in [-0.25, -0.2) is 0 Å². The van der Waals surface area contributed by atoms with E-state index >= 15 is 0 Å². The first-order chi connectivity index (χ1) is 13.5. The van der Waals surface area contributed by atoms with Crippen molar-refractivity contribution >= 4 is 23.5 Å². The Bertz CT molecular complexity index is 974. The first kappa shape index (κ1) is 19.7. The van der Waals surface area contributed by atoms with E-state index in [9.17, 15) is 4.79 Å². The van der Waals surface area contributed by atoms with E-state index < -0.39 is 0 Å². The van der Waals surface area contributed by atoms with Crippen molar-refractivity contribution in [1.29, 1.82) is 0 Å². The van der Waals surface area contributed by atoms with Crippen LogP contribution in [0.25, 0.3) is 6.08 Å². The molecule has 0 N–H and O–H groups in total. The van der Waals surface area contributed by atoms with Crippen LogP contribution in [0.5, 0.6) is 11.5 Å². The summed E-state index contributed by atoms with van der Waals surface area (Å²) in [6.45, 7) is 2.41. The molecule has 0 unspecified atom stereocenters. The van der Waals surface area contributed by atoms with E-state index in [1.165, 1.54) is 5.56 Å². The van der Waals surface area contributed by atoms with Crippen LogP contribution in [0.1, 0.15) is 27.0 Å². The quantitative estimate of drug-likeness (QED) is 0.358. The van der Waals surface area contributed by atoms with Crippen LogP contribution >= 0.6 is 11.6 Å². The smallest absolute Gasteiger partial charge is 0.185 e. The summed E-state index contributed by atoms with van der Waals surface area (Å²) in [6.07, 6.45) is 3.33. The molecule has 0 amide bonds. The summed E-state index contributed by atoms with van der Waals surface area (Å²) < 4.78 is 11.3. The summed E-state index contributed by atoms with van der Waals surface area (Å²) in [4.78, 5) is 12.3. The summed E-state index contributed by atoms with van der Waals surface area (Å²) in [7, 11) is 1.63. The van der Waals surface area contributed by atoms with E-state index in [0.29, 0.717) is 17.2 Å². The van der Waals surface area contributed by atoms with Crippen LogP contribution in [0.4, 0.5) is 0 Å². The van der Waals surface area contributed by atoms with Crippen LogP contribution in [-0.2, 0) is 6.61 Å². The van der Waals surface area contributed by atoms with E-state index in [2.05, 4.69) is 0 Å². The minimum absolute atomic E-state index is 0.0788. The molecule has 28 heavy (non-hydrogen) atoms. The van der Waals surface area contributed by atoms with Gasteiger partial charge in [-0.05, 0) is 67.1 Å². The lowest BCUT2D eigenvalue weighted by atomic mass is 10.1. The molecule has 0 radical (unpaired) electrons. The van der Waals surface area contributed by atoms with Crippen molar-refractivity contribution in [3.63, 3.8) is 0 Å². The van der Waals surface area contributed by atoms with Crippen LogP contribution in [0.3, 0.4) is 0 Å². The van der Waals surface area contributed by atoms with Gasteiger partial charge in [0.1, 0.15) is 18.1 Å². The summed E-state index contributed by atoms with van der Waals surface area (Å²) in [5.74, 6) is 1.46. The number of ether oxygens (including phenoxy) is 2. The van der Waals surface area contributed by atoms with Gasteiger partial charge in [-0.15, -0.1) is 0 Å². The molecule has 0 fully saturated rings. The van der Waals surface area contributed by atoms with Crippen LogP contribution < -0.4 is 9.47 Å². The molecule has 3 nitrogen and oxygen atoms in total. The third-order valence-corrected chi connectivity index (χ3v) is 4.53. The number of allylic oxidation sites excluding steroid dienone is 1. The Morgan fingerprint density at radius 2 is 1.71 bits per heavy atom. The summed E-state index contributed by atoms with van der Waals surface area (Å²) in [5, 5.41) is 0.605. The second-order valence-electron chi connectivity index (χ2n) is 6.38. The lowest BCUT2D eigenvalue weighted by Crippen LogP contribution is -1.99. The highest BCUT2D eigenvalue weighted by atomic mass is 35.5. The van der Waals surface area contributed by atoms with Crippen molar-refractivity contribution in [2.45, 2.75) is 13.5 Å². The predicted octanol–water partition coefficient (Wildman–Crippen LogP) is 6.13. The Balaban J connectivity index is 1.73. The average molecular weight is 393 g/mol. The highest BCUT2D eigenvalue weighted by molar-refractivity contribution is 6.30. The number of methoxy groups -OCH3 is 1. The molecule has 0 bridgehead atoms. The molecule has 0 aliphatic rings. The van der Waals surface area contributed by atoms with Crippen LogP contribution in [0.15, 0.2) is 72.8 Å². The molecule has 3 aromatic carbocycles. The van der Waals surface area contributed by atoms with Crippen molar-refractivity contribution in [3.05, 3.63) is 100 Å². The standard InChI is InChI=1S/C24H21ClO3/c1-17-3-11-22(12-4-17)28-16-20-15-18(6-14-24(20)27-2)5-13-23(26)19-7-9-21(25)10-8-19/h3-15H,16H2,1-2H3/b13-5+. The van der Waals surface area contributed by atoms with Crippen LogP contribution in [0, 0.1) is 6.92 Å². The normalized spacial score (nSPS) is 10.8. The first-order valence-corrected chi connectivity index (χ1v) is 9.27. The van der Waals surface area contributed by atoms with E-state index in [-0.39, 0.29) is 5.78 Å². The number of hydrogen-bond donors (Lipinski definition) is 0. The Kier molecular flexibility index (Phi) is 6.51. The molecule has 0 aromatic heterocycles. The van der Waals surface area contributed by atoms with Crippen molar-refractivity contribution in [3.8, 4) is 11.5 Å². The molecule has 0 atom stereocenters. The molecule has 0 saturated heterocycles. The largest absolute Gasteiger partial charge is 0.496 e. The van der Waals surface area contributed by atoms with Crippen LogP contribution in [-0.4, -0.2) is 12.9 Å². The number of ketones is 1. The number of halogens is 1. The minimum atomic E-state index is -0.0788. The number of aryl methyl sites for hydroxylation is 1. The van der Waals surface area contributed by atoms with Gasteiger partial charge in [0.2, 0.25) is 0 Å². The maximum absolute atomic E-state index is 12.3. The second kappa shape index (κ2) is 9.25. The van der Waals surface area contributed by atoms with Crippen LogP contribution in [0.2, 0.25) is 5.02 Å². The van der Waals surface area contributed by atoms with Gasteiger partial charge < -0.3 is 9.47 Å². The highest BCUT2D eigenvalue weighted by Crippen LogP contribution is 2.23. The zero-order valence-electron chi connectivity index (χ0n) is 15.8. The van der Waals surface area contributed by atoms with Crippen molar-refractivity contribution < 1.29 is 14.3 Å². The molecule has 0 aliphatic heterocycles. The minimum Gasteiger partial charge on any atom is -0.496 e. The monoisotopic (exact) mass is 392 g/mol. The molecule has 0 heterocycles. The predicted molar refractivity (Wildman–Crippen MR) is 113 cm³/mol. The Morgan fingerprint density at radius 1 is 1.00 bits per heavy atom. The first-order valence-electron chi connectivity index (χ1n) is 8.89. The van der Waals surface area contributed by atoms with Gasteiger partial charge in [0.05, 0.1) is 7.11 Å². The summed E-state index contributed by atoms with van der Waals surface area (Å²) >= 11 is 5.86. The molecule has 142 valence electrons. The molecule has 4 heteroatoms. The van der Waals surface area contributed by atoms with Gasteiger partial charge in [-0.1, -0.05) is 41.4 Å². The maximum atomic E-state index is 12.3. The molecule has 0 aliphatic carbocycles. The third-order valence-electron chi connectivity index (χ3n) is 4.28. The fraction of sp³-hybridized carbons (Fsp3) is 0.125. The number of hydrogen-bond acceptors (Lipinski definition) is 3. The second-order valence-corrected chi connectivity index (χ2v) is 6.81. The zero-order chi connectivity index (χ0) is 19.9. The Labute approximate surface area is 170 Å². The average Bonchev–Trinajstić information content (AvgIpc) is 2.72. The molecular weight excluding hydrogens is 372 g/mol. The van der Waals surface area contributed by atoms with Gasteiger partial charge in [-0.3, -0.25) is 4.79 Å². The molecule has 3 aromatic rings. The lowest BCUT2D eigenvalue weighted by Gasteiger charge is -2.11. The van der Waals surface area contributed by atoms with Gasteiger partial charge in [0.15, 0.2) is 5.78 Å². The fourth-order valence-electron chi connectivity index (χ4n) is 2.69. The van der Waals surface area contributed by atoms with Crippen molar-refractivity contribution in [1.82, 2.24) is 0 Å². The molecule has 0 saturated carbocycles. The lowest BCUT2D eigenvalue weighted by molar-refractivity contribution is 0.104. The summed E-state index contributed by atoms with van der Waals surface area (Å²) in [6, 6.07) is 20.5. The number of carbonyl (C=O) groups is 1. The van der Waals surface area contributed by atoms with Gasteiger partial charge in [0.25, 0.3) is 0 Å². The van der Waals surface area contributed by atoms with Gasteiger partial charge in [-0.2, -0.15) is 0 Å². The Hall–Kier alpha value is -3.04. The fourth-order valence-corrected chi connectivity index (χ4v) is 2.82. The van der Waals surface area contributed by atoms with E-state index in [0.717, 1.165) is 22.6 Å². The van der Waals surface area contributed by atoms with E-state index in [1.54, 1.807) is 43.5 Å². The van der Waals surface area contributed by atoms with Gasteiger partial charge >= 0.3 is 0 Å². The van der Waals surface area contributed by atoms with E-state index in [4.69, 9.17) is 21.1 Å². The number of rotatable bonds is 7. The topological polar surface area (TPSA) is 35.5 Å². The highest BCUT2D eigenvalue weighted by Gasteiger charge is 2.06. The molecule has 3 rings (SSSR count). The number of carbonyl (C=O) groups excluding carboxylic acids is 1.